The first-order valence-electron chi connectivity index (χ1n) is 11.2. The minimum atomic E-state index is -1.01. The van der Waals surface area contributed by atoms with Gasteiger partial charge in [-0.05, 0) is 29.1 Å². The van der Waals surface area contributed by atoms with E-state index in [9.17, 15) is 19.7 Å². The van der Waals surface area contributed by atoms with Crippen LogP contribution in [0.1, 0.15) is 11.6 Å². The molecule has 0 bridgehead atoms. The molecule has 6 rings (SSSR count). The molecular weight excluding hydrogens is 446 g/mol. The first-order chi connectivity index (χ1) is 17.0. The molecule has 8 heteroatoms. The standard InChI is InChI=1S/C27H19N3O5/c31-26-23-24(18-13-15-20(16-14-18)30(33)34)29(19-9-2-1-3-10-19)35-25(23)27(32)28(26)22-12-6-8-17-7-4-5-11-21(17)22/h1-16,23-25H/t23-,24-,25-/m1/s1. The van der Waals surface area contributed by atoms with Crippen LogP contribution in [0.25, 0.3) is 10.8 Å². The van der Waals surface area contributed by atoms with E-state index in [1.54, 1.807) is 23.3 Å². The lowest BCUT2D eigenvalue weighted by Gasteiger charge is -2.29. The highest BCUT2D eigenvalue weighted by Crippen LogP contribution is 2.48. The van der Waals surface area contributed by atoms with Gasteiger partial charge in [-0.3, -0.25) is 24.5 Å². The summed E-state index contributed by atoms with van der Waals surface area (Å²) in [6.45, 7) is 0. The zero-order valence-electron chi connectivity index (χ0n) is 18.4. The molecule has 0 spiro atoms. The molecule has 3 atom stereocenters. The Labute approximate surface area is 200 Å². The number of para-hydroxylation sites is 1. The van der Waals surface area contributed by atoms with Crippen LogP contribution in [-0.4, -0.2) is 22.8 Å². The topological polar surface area (TPSA) is 93.0 Å². The molecular formula is C27H19N3O5. The number of hydrogen-bond donors (Lipinski definition) is 0. The van der Waals surface area contributed by atoms with E-state index in [0.717, 1.165) is 10.8 Å². The number of nitro groups is 1. The molecule has 0 aliphatic carbocycles. The van der Waals surface area contributed by atoms with E-state index in [2.05, 4.69) is 0 Å². The Balaban J connectivity index is 1.45. The molecule has 8 nitrogen and oxygen atoms in total. The van der Waals surface area contributed by atoms with Gasteiger partial charge in [0, 0.05) is 17.5 Å². The van der Waals surface area contributed by atoms with Gasteiger partial charge in [-0.2, -0.15) is 0 Å². The fourth-order valence-electron chi connectivity index (χ4n) is 4.99. The van der Waals surface area contributed by atoms with Crippen LogP contribution in [0.5, 0.6) is 0 Å². The number of anilines is 2. The fourth-order valence-corrected chi connectivity index (χ4v) is 4.99. The lowest BCUT2D eigenvalue weighted by atomic mass is 9.90. The Morgan fingerprint density at radius 1 is 0.771 bits per heavy atom. The molecule has 2 saturated heterocycles. The second kappa shape index (κ2) is 8.03. The third-order valence-corrected chi connectivity index (χ3v) is 6.58. The summed E-state index contributed by atoms with van der Waals surface area (Å²) >= 11 is 0. The predicted octanol–water partition coefficient (Wildman–Crippen LogP) is 4.80. The second-order valence-electron chi connectivity index (χ2n) is 8.52. The van der Waals surface area contributed by atoms with Gasteiger partial charge in [-0.25, -0.2) is 9.96 Å². The average Bonchev–Trinajstić information content (AvgIpc) is 3.40. The van der Waals surface area contributed by atoms with Crippen LogP contribution in [0.4, 0.5) is 17.1 Å². The number of rotatable bonds is 4. The number of carbonyl (C=O) groups is 2. The molecule has 0 unspecified atom stereocenters. The lowest BCUT2D eigenvalue weighted by molar-refractivity contribution is -0.384. The summed E-state index contributed by atoms with van der Waals surface area (Å²) in [4.78, 5) is 45.5. The zero-order valence-corrected chi connectivity index (χ0v) is 18.4. The highest BCUT2D eigenvalue weighted by atomic mass is 16.7. The highest BCUT2D eigenvalue weighted by molar-refractivity contribution is 6.26. The van der Waals surface area contributed by atoms with Crippen LogP contribution in [-0.2, 0) is 14.4 Å². The average molecular weight is 465 g/mol. The Bertz CT molecular complexity index is 1470. The molecule has 0 aromatic heterocycles. The van der Waals surface area contributed by atoms with E-state index in [-0.39, 0.29) is 11.6 Å². The van der Waals surface area contributed by atoms with Gasteiger partial charge in [0.2, 0.25) is 5.91 Å². The Morgan fingerprint density at radius 2 is 1.46 bits per heavy atom. The molecule has 4 aromatic rings. The number of hydroxylamine groups is 1. The molecule has 4 aromatic carbocycles. The van der Waals surface area contributed by atoms with Crippen molar-refractivity contribution in [1.82, 2.24) is 0 Å². The molecule has 172 valence electrons. The number of hydrogen-bond acceptors (Lipinski definition) is 6. The molecule has 2 fully saturated rings. The van der Waals surface area contributed by atoms with Crippen molar-refractivity contribution in [2.75, 3.05) is 9.96 Å². The summed E-state index contributed by atoms with van der Waals surface area (Å²) in [5.74, 6) is -1.61. The van der Waals surface area contributed by atoms with E-state index in [1.807, 2.05) is 66.7 Å². The largest absolute Gasteiger partial charge is 0.273 e. The minimum Gasteiger partial charge on any atom is -0.273 e. The van der Waals surface area contributed by atoms with Crippen molar-refractivity contribution < 1.29 is 19.3 Å². The summed E-state index contributed by atoms with van der Waals surface area (Å²) in [6, 6.07) is 27.7. The van der Waals surface area contributed by atoms with E-state index in [0.29, 0.717) is 16.9 Å². The molecule has 2 amide bonds. The van der Waals surface area contributed by atoms with E-state index in [4.69, 9.17) is 4.84 Å². The minimum absolute atomic E-state index is 0.0540. The summed E-state index contributed by atoms with van der Waals surface area (Å²) in [5, 5.41) is 14.5. The maximum atomic E-state index is 13.9. The molecule has 0 N–H and O–H groups in total. The Kier molecular flexibility index (Phi) is 4.82. The van der Waals surface area contributed by atoms with Crippen molar-refractivity contribution in [2.45, 2.75) is 12.1 Å². The van der Waals surface area contributed by atoms with Crippen molar-refractivity contribution >= 4 is 39.6 Å². The van der Waals surface area contributed by atoms with Crippen LogP contribution in [0.2, 0.25) is 0 Å². The number of fused-ring (bicyclic) bond motifs is 2. The SMILES string of the molecule is O=C1[C@@H]2[C@@H](c3ccc([N+](=O)[O-])cc3)N(c3ccccc3)O[C@H]2C(=O)N1c1cccc2ccccc12. The lowest BCUT2D eigenvalue weighted by Crippen LogP contribution is -2.37. The summed E-state index contributed by atoms with van der Waals surface area (Å²) in [6.07, 6.45) is -1.01. The highest BCUT2D eigenvalue weighted by Gasteiger charge is 2.60. The smallest absolute Gasteiger partial charge is 0.269 e. The molecule has 2 aliphatic heterocycles. The molecule has 0 radical (unpaired) electrons. The van der Waals surface area contributed by atoms with Gasteiger partial charge in [0.05, 0.1) is 22.3 Å². The van der Waals surface area contributed by atoms with Gasteiger partial charge in [0.1, 0.15) is 5.92 Å². The third-order valence-electron chi connectivity index (χ3n) is 6.58. The van der Waals surface area contributed by atoms with Gasteiger partial charge in [0.15, 0.2) is 6.10 Å². The van der Waals surface area contributed by atoms with Crippen LogP contribution in [0.3, 0.4) is 0 Å². The number of non-ortho nitro benzene ring substituents is 1. The Hall–Kier alpha value is -4.56. The number of carbonyl (C=O) groups excluding carboxylic acids is 2. The second-order valence-corrected chi connectivity index (χ2v) is 8.52. The summed E-state index contributed by atoms with van der Waals surface area (Å²) in [5.41, 5.74) is 1.79. The quantitative estimate of drug-likeness (QED) is 0.244. The van der Waals surface area contributed by atoms with E-state index < -0.39 is 28.9 Å². The summed E-state index contributed by atoms with van der Waals surface area (Å²) in [7, 11) is 0. The van der Waals surface area contributed by atoms with Crippen molar-refractivity contribution in [3.05, 3.63) is 113 Å². The number of benzene rings is 4. The third kappa shape index (κ3) is 3.26. The van der Waals surface area contributed by atoms with Gasteiger partial charge >= 0.3 is 0 Å². The zero-order chi connectivity index (χ0) is 24.1. The van der Waals surface area contributed by atoms with Crippen molar-refractivity contribution in [3.8, 4) is 0 Å². The number of imide groups is 1. The van der Waals surface area contributed by atoms with Crippen LogP contribution in [0, 0.1) is 16.0 Å². The maximum absolute atomic E-state index is 13.9. The first kappa shape index (κ1) is 21.0. The van der Waals surface area contributed by atoms with Crippen molar-refractivity contribution in [1.29, 1.82) is 0 Å². The van der Waals surface area contributed by atoms with Crippen LogP contribution >= 0.6 is 0 Å². The molecule has 35 heavy (non-hydrogen) atoms. The van der Waals surface area contributed by atoms with E-state index in [1.165, 1.54) is 17.0 Å². The van der Waals surface area contributed by atoms with Crippen LogP contribution in [0.15, 0.2) is 97.1 Å². The Morgan fingerprint density at radius 3 is 2.20 bits per heavy atom. The van der Waals surface area contributed by atoms with Gasteiger partial charge in [-0.1, -0.05) is 66.7 Å². The first-order valence-corrected chi connectivity index (χ1v) is 11.2. The fraction of sp³-hybridized carbons (Fsp3) is 0.111. The summed E-state index contributed by atoms with van der Waals surface area (Å²) < 4.78 is 0. The van der Waals surface area contributed by atoms with E-state index >= 15 is 0 Å². The van der Waals surface area contributed by atoms with Crippen molar-refractivity contribution in [2.24, 2.45) is 5.92 Å². The molecule has 0 saturated carbocycles. The number of nitrogens with zero attached hydrogens (tertiary/aromatic N) is 3. The monoisotopic (exact) mass is 465 g/mol. The number of nitro benzene ring substituents is 1. The van der Waals surface area contributed by atoms with Gasteiger partial charge in [-0.15, -0.1) is 0 Å². The maximum Gasteiger partial charge on any atom is 0.269 e. The van der Waals surface area contributed by atoms with Crippen LogP contribution < -0.4 is 9.96 Å². The molecule has 2 aliphatic rings. The predicted molar refractivity (Wildman–Crippen MR) is 130 cm³/mol. The molecule has 2 heterocycles. The van der Waals surface area contributed by atoms with Crippen molar-refractivity contribution in [3.63, 3.8) is 0 Å². The normalized spacial score (nSPS) is 21.5. The van der Waals surface area contributed by atoms with Gasteiger partial charge < -0.3 is 0 Å². The number of amides is 2. The van der Waals surface area contributed by atoms with Gasteiger partial charge in [0.25, 0.3) is 11.6 Å².